The molecule has 0 aliphatic heterocycles. The molecule has 0 spiro atoms. The van der Waals surface area contributed by atoms with Crippen LogP contribution in [-0.2, 0) is 0 Å². The topological polar surface area (TPSA) is 73.9 Å². The number of pyridine rings is 1. The molecule has 106 valence electrons. The Kier molecular flexibility index (Phi) is 3.27. The van der Waals surface area contributed by atoms with E-state index in [1.54, 1.807) is 18.5 Å². The lowest BCUT2D eigenvalue weighted by atomic mass is 10.2. The number of carbonyl (C=O) groups excluding carboxylic acids is 1. The summed E-state index contributed by atoms with van der Waals surface area (Å²) in [4.78, 5) is 18.3. The molecule has 3 aromatic rings. The van der Waals surface area contributed by atoms with Crippen LogP contribution in [0, 0.1) is 0 Å². The van der Waals surface area contributed by atoms with Crippen LogP contribution >= 0.6 is 0 Å². The number of rotatable bonds is 3. The minimum absolute atomic E-state index is 0.258. The molecule has 2 N–H and O–H groups in total. The van der Waals surface area contributed by atoms with E-state index in [2.05, 4.69) is 20.5 Å². The van der Waals surface area contributed by atoms with Gasteiger partial charge in [-0.2, -0.15) is 5.10 Å². The van der Waals surface area contributed by atoms with E-state index in [-0.39, 0.29) is 5.91 Å². The van der Waals surface area contributed by atoms with E-state index in [0.29, 0.717) is 11.1 Å². The third kappa shape index (κ3) is 2.55. The van der Waals surface area contributed by atoms with Crippen LogP contribution in [0.4, 0.5) is 11.4 Å². The lowest BCUT2D eigenvalue weighted by Gasteiger charge is -2.12. The van der Waals surface area contributed by atoms with Gasteiger partial charge in [0.25, 0.3) is 5.91 Å². The first-order valence-corrected chi connectivity index (χ1v) is 6.52. The van der Waals surface area contributed by atoms with Gasteiger partial charge in [0.15, 0.2) is 5.69 Å². The van der Waals surface area contributed by atoms with Gasteiger partial charge in [0.05, 0.1) is 10.9 Å². The van der Waals surface area contributed by atoms with Gasteiger partial charge >= 0.3 is 0 Å². The number of hydrogen-bond acceptors (Lipinski definition) is 4. The van der Waals surface area contributed by atoms with Gasteiger partial charge in [-0.15, -0.1) is 0 Å². The van der Waals surface area contributed by atoms with Crippen molar-refractivity contribution in [2.24, 2.45) is 0 Å². The number of carbonyl (C=O) groups is 1. The zero-order valence-electron chi connectivity index (χ0n) is 11.8. The highest BCUT2D eigenvalue weighted by molar-refractivity contribution is 6.10. The van der Waals surface area contributed by atoms with E-state index in [1.807, 2.05) is 43.3 Å². The number of anilines is 2. The van der Waals surface area contributed by atoms with E-state index in [4.69, 9.17) is 0 Å². The highest BCUT2D eigenvalue weighted by Gasteiger charge is 2.14. The lowest BCUT2D eigenvalue weighted by Crippen LogP contribution is -2.13. The van der Waals surface area contributed by atoms with E-state index >= 15 is 0 Å². The second-order valence-electron chi connectivity index (χ2n) is 4.89. The first-order chi connectivity index (χ1) is 10.1. The average Bonchev–Trinajstić information content (AvgIpc) is 2.92. The van der Waals surface area contributed by atoms with Gasteiger partial charge in [-0.05, 0) is 30.3 Å². The van der Waals surface area contributed by atoms with E-state index in [9.17, 15) is 4.79 Å². The second-order valence-corrected chi connectivity index (χ2v) is 4.89. The van der Waals surface area contributed by atoms with Gasteiger partial charge in [0.1, 0.15) is 0 Å². The molecule has 0 fully saturated rings. The summed E-state index contributed by atoms with van der Waals surface area (Å²) in [7, 11) is 3.94. The summed E-state index contributed by atoms with van der Waals surface area (Å²) < 4.78 is 0. The monoisotopic (exact) mass is 281 g/mol. The van der Waals surface area contributed by atoms with Crippen molar-refractivity contribution < 1.29 is 4.79 Å². The normalized spacial score (nSPS) is 10.6. The zero-order chi connectivity index (χ0) is 14.8. The van der Waals surface area contributed by atoms with E-state index in [1.165, 1.54) is 0 Å². The fourth-order valence-corrected chi connectivity index (χ4v) is 2.06. The van der Waals surface area contributed by atoms with Crippen LogP contribution in [0.3, 0.4) is 0 Å². The molecule has 0 aliphatic carbocycles. The van der Waals surface area contributed by atoms with Crippen molar-refractivity contribution in [3.63, 3.8) is 0 Å². The average molecular weight is 281 g/mol. The molecule has 2 aromatic heterocycles. The Morgan fingerprint density at radius 2 is 1.95 bits per heavy atom. The molecule has 0 atom stereocenters. The minimum Gasteiger partial charge on any atom is -0.378 e. The van der Waals surface area contributed by atoms with Crippen LogP contribution < -0.4 is 10.2 Å². The highest BCUT2D eigenvalue weighted by atomic mass is 16.1. The van der Waals surface area contributed by atoms with Crippen molar-refractivity contribution in [1.82, 2.24) is 15.2 Å². The van der Waals surface area contributed by atoms with Crippen LogP contribution in [0.2, 0.25) is 0 Å². The minimum atomic E-state index is -0.258. The SMILES string of the molecule is CN(C)c1ccc(NC(=O)c2n[nH]c3ccncc23)cc1. The predicted molar refractivity (Wildman–Crippen MR) is 82.6 cm³/mol. The second kappa shape index (κ2) is 5.24. The Labute approximate surface area is 121 Å². The molecule has 0 aliphatic rings. The Morgan fingerprint density at radius 1 is 1.19 bits per heavy atom. The summed E-state index contributed by atoms with van der Waals surface area (Å²) >= 11 is 0. The summed E-state index contributed by atoms with van der Waals surface area (Å²) in [5, 5.41) is 10.4. The molecule has 0 saturated carbocycles. The summed E-state index contributed by atoms with van der Waals surface area (Å²) in [5.41, 5.74) is 2.93. The Balaban J connectivity index is 1.83. The van der Waals surface area contributed by atoms with Gasteiger partial charge in [0, 0.05) is 37.9 Å². The number of aromatic amines is 1. The van der Waals surface area contributed by atoms with Crippen molar-refractivity contribution in [1.29, 1.82) is 0 Å². The smallest absolute Gasteiger partial charge is 0.276 e. The molecule has 1 amide bonds. The molecule has 3 rings (SSSR count). The molecule has 0 unspecified atom stereocenters. The maximum atomic E-state index is 12.3. The molecule has 1 aromatic carbocycles. The van der Waals surface area contributed by atoms with Crippen LogP contribution in [0.1, 0.15) is 10.5 Å². The molecule has 2 heterocycles. The molecular weight excluding hydrogens is 266 g/mol. The van der Waals surface area contributed by atoms with Crippen molar-refractivity contribution in [3.8, 4) is 0 Å². The van der Waals surface area contributed by atoms with Crippen molar-refractivity contribution >= 4 is 28.2 Å². The molecule has 6 nitrogen and oxygen atoms in total. The maximum Gasteiger partial charge on any atom is 0.276 e. The van der Waals surface area contributed by atoms with Gasteiger partial charge < -0.3 is 10.2 Å². The van der Waals surface area contributed by atoms with Crippen molar-refractivity contribution in [2.75, 3.05) is 24.3 Å². The lowest BCUT2D eigenvalue weighted by molar-refractivity contribution is 0.102. The first kappa shape index (κ1) is 13.1. The van der Waals surface area contributed by atoms with Crippen LogP contribution in [-0.4, -0.2) is 35.2 Å². The number of fused-ring (bicyclic) bond motifs is 1. The van der Waals surface area contributed by atoms with Gasteiger partial charge in [0.2, 0.25) is 0 Å². The Morgan fingerprint density at radius 3 is 2.67 bits per heavy atom. The highest BCUT2D eigenvalue weighted by Crippen LogP contribution is 2.18. The summed E-state index contributed by atoms with van der Waals surface area (Å²) in [6.45, 7) is 0. The van der Waals surface area contributed by atoms with E-state index < -0.39 is 0 Å². The summed E-state index contributed by atoms with van der Waals surface area (Å²) in [5.74, 6) is -0.258. The summed E-state index contributed by atoms with van der Waals surface area (Å²) in [6.07, 6.45) is 3.28. The molecule has 0 saturated heterocycles. The molecule has 0 radical (unpaired) electrons. The number of amides is 1. The first-order valence-electron chi connectivity index (χ1n) is 6.52. The van der Waals surface area contributed by atoms with Gasteiger partial charge in [-0.25, -0.2) is 0 Å². The zero-order valence-corrected chi connectivity index (χ0v) is 11.8. The maximum absolute atomic E-state index is 12.3. The standard InChI is InChI=1S/C15H15N5O/c1-20(2)11-5-3-10(4-6-11)17-15(21)14-12-9-16-8-7-13(12)18-19-14/h3-9H,1-2H3,(H,17,21)(H,18,19). The van der Waals surface area contributed by atoms with Crippen molar-refractivity contribution in [3.05, 3.63) is 48.4 Å². The quantitative estimate of drug-likeness (QED) is 0.772. The van der Waals surface area contributed by atoms with Crippen LogP contribution in [0.5, 0.6) is 0 Å². The number of H-pyrrole nitrogens is 1. The molecular formula is C15H15N5O. The number of aromatic nitrogens is 3. The Bertz CT molecular complexity index is 776. The third-order valence-corrected chi connectivity index (χ3v) is 3.22. The number of nitrogens with zero attached hydrogens (tertiary/aromatic N) is 3. The number of hydrogen-bond donors (Lipinski definition) is 2. The number of nitrogens with one attached hydrogen (secondary N) is 2. The largest absolute Gasteiger partial charge is 0.378 e. The molecule has 0 bridgehead atoms. The summed E-state index contributed by atoms with van der Waals surface area (Å²) in [6, 6.07) is 9.39. The van der Waals surface area contributed by atoms with Crippen LogP contribution in [0.25, 0.3) is 10.9 Å². The third-order valence-electron chi connectivity index (χ3n) is 3.22. The predicted octanol–water partition coefficient (Wildman–Crippen LogP) is 2.28. The fourth-order valence-electron chi connectivity index (χ4n) is 2.06. The fraction of sp³-hybridized carbons (Fsp3) is 0.133. The Hall–Kier alpha value is -2.89. The molecule has 21 heavy (non-hydrogen) atoms. The molecule has 6 heteroatoms. The van der Waals surface area contributed by atoms with Gasteiger partial charge in [-0.1, -0.05) is 0 Å². The van der Waals surface area contributed by atoms with Crippen molar-refractivity contribution in [2.45, 2.75) is 0 Å². The van der Waals surface area contributed by atoms with Crippen LogP contribution in [0.15, 0.2) is 42.7 Å². The van der Waals surface area contributed by atoms with E-state index in [0.717, 1.165) is 16.9 Å². The number of benzene rings is 1. The van der Waals surface area contributed by atoms with Gasteiger partial charge in [-0.3, -0.25) is 14.9 Å².